The van der Waals surface area contributed by atoms with Crippen LogP contribution in [-0.4, -0.2) is 28.0 Å². The molecular formula is C18H15N5O4S. The fourth-order valence-corrected chi connectivity index (χ4v) is 3.87. The second kappa shape index (κ2) is 6.50. The molecule has 28 heavy (non-hydrogen) atoms. The molecule has 5 N–H and O–H groups in total. The quantitative estimate of drug-likeness (QED) is 0.416. The molecule has 0 radical (unpaired) electrons. The fraction of sp³-hybridized carbons (Fsp3) is 0.111. The van der Waals surface area contributed by atoms with Gasteiger partial charge in [-0.1, -0.05) is 0 Å². The Morgan fingerprint density at radius 1 is 1.25 bits per heavy atom. The highest BCUT2D eigenvalue weighted by molar-refractivity contribution is 7.21. The summed E-state index contributed by atoms with van der Waals surface area (Å²) in [6.07, 6.45) is 0. The molecule has 0 aliphatic heterocycles. The molecule has 1 amide bonds. The van der Waals surface area contributed by atoms with Crippen LogP contribution >= 0.6 is 11.3 Å². The average Bonchev–Trinajstić information content (AvgIpc) is 2.98. The third kappa shape index (κ3) is 2.89. The molecule has 0 bridgehead atoms. The monoisotopic (exact) mass is 397 g/mol. The van der Waals surface area contributed by atoms with E-state index in [0.717, 1.165) is 16.7 Å². The number of hydrogen-bond donors (Lipinski definition) is 4. The first-order valence-corrected chi connectivity index (χ1v) is 9.00. The predicted molar refractivity (Wildman–Crippen MR) is 108 cm³/mol. The number of aromatic amines is 2. The summed E-state index contributed by atoms with van der Waals surface area (Å²) < 4.78 is 5.22. The highest BCUT2D eigenvalue weighted by atomic mass is 32.1. The van der Waals surface area contributed by atoms with Crippen molar-refractivity contribution >= 4 is 49.7 Å². The molecule has 0 saturated carbocycles. The molecule has 0 aliphatic carbocycles. The van der Waals surface area contributed by atoms with Crippen molar-refractivity contribution < 1.29 is 9.53 Å². The first-order valence-electron chi connectivity index (χ1n) is 8.18. The summed E-state index contributed by atoms with van der Waals surface area (Å²) in [5.74, 6) is 0.123. The smallest absolute Gasteiger partial charge is 0.326 e. The van der Waals surface area contributed by atoms with Gasteiger partial charge in [0.1, 0.15) is 21.1 Å². The van der Waals surface area contributed by atoms with Crippen LogP contribution in [0, 0.1) is 6.92 Å². The van der Waals surface area contributed by atoms with Crippen molar-refractivity contribution in [2.75, 3.05) is 18.2 Å². The number of nitrogens with zero attached hydrogens (tertiary/aromatic N) is 1. The topological polar surface area (TPSA) is 143 Å². The van der Waals surface area contributed by atoms with Crippen LogP contribution in [-0.2, 0) is 0 Å². The number of anilines is 2. The van der Waals surface area contributed by atoms with Crippen LogP contribution in [0.5, 0.6) is 5.75 Å². The number of carbonyl (C=O) groups is 1. The van der Waals surface area contributed by atoms with Crippen molar-refractivity contribution in [2.24, 2.45) is 0 Å². The molecule has 9 nitrogen and oxygen atoms in total. The third-order valence-corrected chi connectivity index (χ3v) is 5.41. The van der Waals surface area contributed by atoms with Crippen LogP contribution in [0.15, 0.2) is 33.9 Å². The Morgan fingerprint density at radius 3 is 2.75 bits per heavy atom. The maximum atomic E-state index is 12.7. The van der Waals surface area contributed by atoms with Crippen molar-refractivity contribution in [2.45, 2.75) is 6.92 Å². The van der Waals surface area contributed by atoms with Crippen LogP contribution in [0.4, 0.5) is 11.4 Å². The highest BCUT2D eigenvalue weighted by Crippen LogP contribution is 2.35. The Balaban J connectivity index is 1.79. The molecule has 10 heteroatoms. The van der Waals surface area contributed by atoms with Gasteiger partial charge >= 0.3 is 5.69 Å². The van der Waals surface area contributed by atoms with E-state index >= 15 is 0 Å². The first kappa shape index (κ1) is 17.7. The number of aromatic nitrogens is 3. The zero-order valence-corrected chi connectivity index (χ0v) is 15.7. The number of thiophene rings is 1. The highest BCUT2D eigenvalue weighted by Gasteiger charge is 2.20. The van der Waals surface area contributed by atoms with E-state index in [1.54, 1.807) is 13.2 Å². The van der Waals surface area contributed by atoms with Gasteiger partial charge in [-0.3, -0.25) is 14.6 Å². The molecule has 4 rings (SSSR count). The molecule has 1 aromatic carbocycles. The summed E-state index contributed by atoms with van der Waals surface area (Å²) in [4.78, 5) is 45.9. The Bertz CT molecular complexity index is 1370. The van der Waals surface area contributed by atoms with Gasteiger partial charge in [0.15, 0.2) is 0 Å². The molecule has 0 saturated heterocycles. The molecule has 0 atom stereocenters. The maximum absolute atomic E-state index is 12.7. The first-order chi connectivity index (χ1) is 13.4. The third-order valence-electron chi connectivity index (χ3n) is 4.30. The number of nitrogen functional groups attached to an aromatic ring is 1. The number of carbonyl (C=O) groups excluding carboxylic acids is 1. The molecule has 3 aromatic heterocycles. The van der Waals surface area contributed by atoms with Gasteiger partial charge in [0.25, 0.3) is 11.5 Å². The molecular weight excluding hydrogens is 382 g/mol. The molecule has 0 fully saturated rings. The van der Waals surface area contributed by atoms with Gasteiger partial charge in [-0.2, -0.15) is 0 Å². The van der Waals surface area contributed by atoms with Gasteiger partial charge in [0, 0.05) is 22.5 Å². The van der Waals surface area contributed by atoms with Crippen molar-refractivity contribution in [1.82, 2.24) is 15.0 Å². The Labute approximate surface area is 161 Å². The SMILES string of the molecule is COc1ccc2cc3c(N)c(C(=O)Nc4c(C)[nH]c(=O)[nH]c4=O)sc3nc2c1. The van der Waals surface area contributed by atoms with E-state index in [9.17, 15) is 14.4 Å². The number of H-pyrrole nitrogens is 2. The van der Waals surface area contributed by atoms with Gasteiger partial charge in [0.05, 0.1) is 18.3 Å². The Hall–Kier alpha value is -3.66. The minimum Gasteiger partial charge on any atom is -0.497 e. The van der Waals surface area contributed by atoms with Gasteiger partial charge in [0.2, 0.25) is 0 Å². The van der Waals surface area contributed by atoms with E-state index in [0.29, 0.717) is 21.5 Å². The summed E-state index contributed by atoms with van der Waals surface area (Å²) in [5, 5.41) is 4.03. The molecule has 4 aromatic rings. The lowest BCUT2D eigenvalue weighted by molar-refractivity contribution is 0.103. The summed E-state index contributed by atoms with van der Waals surface area (Å²) in [6.45, 7) is 1.52. The van der Waals surface area contributed by atoms with E-state index < -0.39 is 17.2 Å². The van der Waals surface area contributed by atoms with Crippen LogP contribution in [0.2, 0.25) is 0 Å². The minimum absolute atomic E-state index is 0.0377. The summed E-state index contributed by atoms with van der Waals surface area (Å²) in [6, 6.07) is 7.34. The summed E-state index contributed by atoms with van der Waals surface area (Å²) >= 11 is 1.12. The number of rotatable bonds is 3. The van der Waals surface area contributed by atoms with E-state index in [-0.39, 0.29) is 21.9 Å². The second-order valence-corrected chi connectivity index (χ2v) is 7.11. The number of pyridine rings is 1. The standard InChI is InChI=1S/C18H15N5O4S/c1-7-13(15(24)23-18(26)20-7)22-16(25)14-12(19)10-5-8-3-4-9(27-2)6-11(8)21-17(10)28-14/h3-6H,19H2,1-2H3,(H,22,25)(H2,20,23,24,26). The zero-order valence-electron chi connectivity index (χ0n) is 14.9. The van der Waals surface area contributed by atoms with Gasteiger partial charge in [-0.15, -0.1) is 11.3 Å². The largest absolute Gasteiger partial charge is 0.497 e. The molecule has 0 spiro atoms. The van der Waals surface area contributed by atoms with Crippen molar-refractivity contribution in [3.05, 3.63) is 55.7 Å². The normalized spacial score (nSPS) is 11.1. The molecule has 0 unspecified atom stereocenters. The van der Waals surface area contributed by atoms with Gasteiger partial charge in [-0.25, -0.2) is 9.78 Å². The number of aryl methyl sites for hydroxylation is 1. The van der Waals surface area contributed by atoms with Crippen LogP contribution < -0.4 is 27.0 Å². The number of benzene rings is 1. The molecule has 142 valence electrons. The van der Waals surface area contributed by atoms with Crippen molar-refractivity contribution in [1.29, 1.82) is 0 Å². The molecule has 0 aliphatic rings. The zero-order chi connectivity index (χ0) is 20.0. The second-order valence-electron chi connectivity index (χ2n) is 6.11. The molecule has 3 heterocycles. The predicted octanol–water partition coefficient (Wildman–Crippen LogP) is 1.98. The van der Waals surface area contributed by atoms with Crippen molar-refractivity contribution in [3.63, 3.8) is 0 Å². The van der Waals surface area contributed by atoms with Gasteiger partial charge < -0.3 is 20.8 Å². The Kier molecular flexibility index (Phi) is 4.12. The lowest BCUT2D eigenvalue weighted by Crippen LogP contribution is -2.28. The number of nitrogens with one attached hydrogen (secondary N) is 3. The number of hydrogen-bond acceptors (Lipinski definition) is 7. The average molecular weight is 397 g/mol. The lowest BCUT2D eigenvalue weighted by Gasteiger charge is -2.06. The number of fused-ring (bicyclic) bond motifs is 2. The number of methoxy groups -OCH3 is 1. The van der Waals surface area contributed by atoms with E-state index in [4.69, 9.17) is 10.5 Å². The maximum Gasteiger partial charge on any atom is 0.326 e. The van der Waals surface area contributed by atoms with Crippen molar-refractivity contribution in [3.8, 4) is 5.75 Å². The number of ether oxygens (including phenoxy) is 1. The number of amides is 1. The van der Waals surface area contributed by atoms with Gasteiger partial charge in [-0.05, 0) is 25.1 Å². The van der Waals surface area contributed by atoms with E-state index in [1.807, 2.05) is 18.2 Å². The number of nitrogens with two attached hydrogens (primary N) is 1. The van der Waals surface area contributed by atoms with E-state index in [1.165, 1.54) is 6.92 Å². The lowest BCUT2D eigenvalue weighted by atomic mass is 10.1. The fourth-order valence-electron chi connectivity index (χ4n) is 2.89. The van der Waals surface area contributed by atoms with Crippen LogP contribution in [0.25, 0.3) is 21.1 Å². The Morgan fingerprint density at radius 2 is 2.04 bits per heavy atom. The minimum atomic E-state index is -0.690. The van der Waals surface area contributed by atoms with Crippen LogP contribution in [0.1, 0.15) is 15.4 Å². The summed E-state index contributed by atoms with van der Waals surface area (Å²) in [7, 11) is 1.58. The summed E-state index contributed by atoms with van der Waals surface area (Å²) in [5.41, 5.74) is 6.05. The van der Waals surface area contributed by atoms with E-state index in [2.05, 4.69) is 20.3 Å². The van der Waals surface area contributed by atoms with Crippen LogP contribution in [0.3, 0.4) is 0 Å².